The van der Waals surface area contributed by atoms with Crippen molar-refractivity contribution in [2.45, 2.75) is 70.3 Å². The van der Waals surface area contributed by atoms with Crippen LogP contribution in [0.4, 0.5) is 0 Å². The van der Waals surface area contributed by atoms with Gasteiger partial charge < -0.3 is 5.32 Å². The van der Waals surface area contributed by atoms with E-state index in [2.05, 4.69) is 42.6 Å². The minimum absolute atomic E-state index is 0.674. The van der Waals surface area contributed by atoms with Crippen molar-refractivity contribution in [3.05, 3.63) is 47.0 Å². The number of benzene rings is 1. The molecule has 0 spiro atoms. The van der Waals surface area contributed by atoms with Crippen molar-refractivity contribution in [2.24, 2.45) is 0 Å². The highest BCUT2D eigenvalue weighted by atomic mass is 14.9. The van der Waals surface area contributed by atoms with Gasteiger partial charge in [-0.15, -0.1) is 0 Å². The lowest BCUT2D eigenvalue weighted by Crippen LogP contribution is -2.34. The van der Waals surface area contributed by atoms with Crippen molar-refractivity contribution in [1.82, 2.24) is 5.32 Å². The molecule has 2 unspecified atom stereocenters. The third kappa shape index (κ3) is 3.77. The van der Waals surface area contributed by atoms with Crippen LogP contribution in [0.2, 0.25) is 0 Å². The van der Waals surface area contributed by atoms with Crippen molar-refractivity contribution in [3.8, 4) is 0 Å². The zero-order valence-corrected chi connectivity index (χ0v) is 13.4. The second-order valence-electron chi connectivity index (χ2n) is 6.80. The molecule has 1 heteroatoms. The van der Waals surface area contributed by atoms with Gasteiger partial charge in [0.05, 0.1) is 0 Å². The lowest BCUT2D eigenvalue weighted by molar-refractivity contribution is 0.409. The second kappa shape index (κ2) is 7.26. The summed E-state index contributed by atoms with van der Waals surface area (Å²) in [5, 5.41) is 3.81. The van der Waals surface area contributed by atoms with Crippen LogP contribution in [0.1, 0.15) is 68.9 Å². The molecule has 0 radical (unpaired) electrons. The maximum atomic E-state index is 3.81. The molecule has 0 fully saturated rings. The van der Waals surface area contributed by atoms with E-state index in [0.29, 0.717) is 6.04 Å². The number of hydrogen-bond acceptors (Lipinski definition) is 1. The number of fused-ring (bicyclic) bond motifs is 1. The van der Waals surface area contributed by atoms with Crippen LogP contribution >= 0.6 is 0 Å². The summed E-state index contributed by atoms with van der Waals surface area (Å²) in [6, 6.07) is 9.68. The molecule has 0 saturated heterocycles. The molecule has 1 nitrogen and oxygen atoms in total. The van der Waals surface area contributed by atoms with Gasteiger partial charge in [-0.3, -0.25) is 0 Å². The fraction of sp³-hybridized carbons (Fsp3) is 0.600. The van der Waals surface area contributed by atoms with Gasteiger partial charge in [-0.05, 0) is 75.0 Å². The van der Waals surface area contributed by atoms with E-state index in [4.69, 9.17) is 0 Å². The third-order valence-corrected chi connectivity index (χ3v) is 5.11. The van der Waals surface area contributed by atoms with Gasteiger partial charge in [0.2, 0.25) is 0 Å². The Kier molecular flexibility index (Phi) is 5.13. The highest BCUT2D eigenvalue weighted by Crippen LogP contribution is 2.39. The highest BCUT2D eigenvalue weighted by Gasteiger charge is 2.28. The molecule has 1 aromatic carbocycles. The first-order valence-corrected chi connectivity index (χ1v) is 8.86. The first kappa shape index (κ1) is 14.8. The van der Waals surface area contributed by atoms with Crippen molar-refractivity contribution in [2.75, 3.05) is 6.54 Å². The predicted molar refractivity (Wildman–Crippen MR) is 90.8 cm³/mol. The molecule has 2 aliphatic rings. The highest BCUT2D eigenvalue weighted by molar-refractivity contribution is 5.40. The molecule has 1 N–H and O–H groups in total. The number of allylic oxidation sites excluding steroid dienone is 1. The molecular formula is C20H29N. The van der Waals surface area contributed by atoms with Crippen molar-refractivity contribution in [3.63, 3.8) is 0 Å². The standard InChI is InChI=1S/C20H29N/c1-2-12-21-19(13-16-8-4-3-5-9-16)15-18-14-17-10-6-7-11-20(17)18/h6-8,10-11,18-19,21H,2-5,9,12-15H2,1H3. The summed E-state index contributed by atoms with van der Waals surface area (Å²) in [5.41, 5.74) is 4.90. The van der Waals surface area contributed by atoms with E-state index in [9.17, 15) is 0 Å². The molecule has 0 bridgehead atoms. The molecule has 1 aromatic rings. The zero-order valence-electron chi connectivity index (χ0n) is 13.4. The van der Waals surface area contributed by atoms with E-state index in [1.807, 2.05) is 0 Å². The van der Waals surface area contributed by atoms with Gasteiger partial charge in [-0.2, -0.15) is 0 Å². The van der Waals surface area contributed by atoms with Crippen molar-refractivity contribution < 1.29 is 0 Å². The van der Waals surface area contributed by atoms with Gasteiger partial charge in [0.1, 0.15) is 0 Å². The van der Waals surface area contributed by atoms with E-state index < -0.39 is 0 Å². The van der Waals surface area contributed by atoms with E-state index in [0.717, 1.165) is 12.5 Å². The molecule has 2 atom stereocenters. The molecular weight excluding hydrogens is 254 g/mol. The fourth-order valence-corrected chi connectivity index (χ4v) is 3.91. The quantitative estimate of drug-likeness (QED) is 0.696. The molecule has 0 saturated carbocycles. The van der Waals surface area contributed by atoms with Crippen molar-refractivity contribution >= 4 is 0 Å². The molecule has 114 valence electrons. The first-order chi connectivity index (χ1) is 10.4. The van der Waals surface area contributed by atoms with E-state index >= 15 is 0 Å². The number of rotatable bonds is 7. The van der Waals surface area contributed by atoms with Gasteiger partial charge in [-0.1, -0.05) is 42.8 Å². The second-order valence-corrected chi connectivity index (χ2v) is 6.80. The van der Waals surface area contributed by atoms with Crippen LogP contribution in [0.3, 0.4) is 0 Å². The van der Waals surface area contributed by atoms with Crippen LogP contribution in [-0.2, 0) is 6.42 Å². The van der Waals surface area contributed by atoms with Crippen LogP contribution in [0.25, 0.3) is 0 Å². The van der Waals surface area contributed by atoms with Gasteiger partial charge in [0, 0.05) is 6.04 Å². The average molecular weight is 283 g/mol. The minimum atomic E-state index is 0.674. The Morgan fingerprint density at radius 2 is 2.14 bits per heavy atom. The molecule has 0 heterocycles. The van der Waals surface area contributed by atoms with Crippen LogP contribution in [0.5, 0.6) is 0 Å². The average Bonchev–Trinajstić information content (AvgIpc) is 2.51. The SMILES string of the molecule is CCCNC(CC1=CCCCC1)CC1Cc2ccccc21. The molecule has 3 rings (SSSR count). The maximum absolute atomic E-state index is 3.81. The lowest BCUT2D eigenvalue weighted by Gasteiger charge is -2.34. The van der Waals surface area contributed by atoms with Gasteiger partial charge in [0.15, 0.2) is 0 Å². The summed E-state index contributed by atoms with van der Waals surface area (Å²) < 4.78 is 0. The predicted octanol–water partition coefficient (Wildman–Crippen LogP) is 4.98. The van der Waals surface area contributed by atoms with Crippen LogP contribution in [-0.4, -0.2) is 12.6 Å². The Hall–Kier alpha value is -1.08. The summed E-state index contributed by atoms with van der Waals surface area (Å²) >= 11 is 0. The topological polar surface area (TPSA) is 12.0 Å². The van der Waals surface area contributed by atoms with E-state index in [-0.39, 0.29) is 0 Å². The Labute approximate surface area is 129 Å². The molecule has 21 heavy (non-hydrogen) atoms. The van der Waals surface area contributed by atoms with Crippen LogP contribution in [0.15, 0.2) is 35.9 Å². The van der Waals surface area contributed by atoms with Crippen LogP contribution < -0.4 is 5.32 Å². The van der Waals surface area contributed by atoms with Gasteiger partial charge in [-0.25, -0.2) is 0 Å². The Bertz CT molecular complexity index is 488. The lowest BCUT2D eigenvalue weighted by atomic mass is 9.73. The largest absolute Gasteiger partial charge is 0.314 e. The van der Waals surface area contributed by atoms with E-state index in [1.54, 1.807) is 16.7 Å². The zero-order chi connectivity index (χ0) is 14.5. The normalized spacial score (nSPS) is 22.1. The Morgan fingerprint density at radius 3 is 2.90 bits per heavy atom. The van der Waals surface area contributed by atoms with Crippen LogP contribution in [0, 0.1) is 0 Å². The van der Waals surface area contributed by atoms with Gasteiger partial charge in [0.25, 0.3) is 0 Å². The summed E-state index contributed by atoms with van der Waals surface area (Å²) in [4.78, 5) is 0. The molecule has 0 aromatic heterocycles. The third-order valence-electron chi connectivity index (χ3n) is 5.11. The Morgan fingerprint density at radius 1 is 1.24 bits per heavy atom. The maximum Gasteiger partial charge on any atom is 0.0110 e. The smallest absolute Gasteiger partial charge is 0.0110 e. The molecule has 0 amide bonds. The summed E-state index contributed by atoms with van der Waals surface area (Å²) in [5.74, 6) is 0.791. The fourth-order valence-electron chi connectivity index (χ4n) is 3.91. The molecule has 2 aliphatic carbocycles. The monoisotopic (exact) mass is 283 g/mol. The minimum Gasteiger partial charge on any atom is -0.314 e. The van der Waals surface area contributed by atoms with E-state index in [1.165, 1.54) is 51.4 Å². The Balaban J connectivity index is 1.59. The molecule has 0 aliphatic heterocycles. The first-order valence-electron chi connectivity index (χ1n) is 8.86. The van der Waals surface area contributed by atoms with Crippen molar-refractivity contribution in [1.29, 1.82) is 0 Å². The summed E-state index contributed by atoms with van der Waals surface area (Å²) in [7, 11) is 0. The summed E-state index contributed by atoms with van der Waals surface area (Å²) in [6.07, 6.45) is 13.1. The number of hydrogen-bond donors (Lipinski definition) is 1. The van der Waals surface area contributed by atoms with Gasteiger partial charge >= 0.3 is 0 Å². The number of nitrogens with one attached hydrogen (secondary N) is 1. The summed E-state index contributed by atoms with van der Waals surface area (Å²) in [6.45, 7) is 3.43.